The maximum Gasteiger partial charge on any atom is 0.0237 e. The first-order chi connectivity index (χ1) is 8.83. The van der Waals surface area contributed by atoms with Crippen LogP contribution in [0.25, 0.3) is 16.7 Å². The average Bonchev–Trinajstić information content (AvgIpc) is 2.94. The van der Waals surface area contributed by atoms with Crippen LogP contribution in [0.4, 0.5) is 0 Å². The second kappa shape index (κ2) is 4.73. The van der Waals surface area contributed by atoms with Crippen molar-refractivity contribution in [2.24, 2.45) is 0 Å². The summed E-state index contributed by atoms with van der Waals surface area (Å²) >= 11 is 4.30. The fourth-order valence-corrected chi connectivity index (χ4v) is 2.16. The van der Waals surface area contributed by atoms with Gasteiger partial charge in [0.1, 0.15) is 0 Å². The van der Waals surface area contributed by atoms with E-state index in [2.05, 4.69) is 60.8 Å². The molecule has 0 saturated carbocycles. The van der Waals surface area contributed by atoms with E-state index < -0.39 is 0 Å². The zero-order valence-corrected chi connectivity index (χ0v) is 10.7. The Morgan fingerprint density at radius 3 is 1.83 bits per heavy atom. The van der Waals surface area contributed by atoms with Gasteiger partial charge in [0.05, 0.1) is 0 Å². The average molecular weight is 248 g/mol. The lowest BCUT2D eigenvalue weighted by Gasteiger charge is -2.04. The minimum absolute atomic E-state index is 0.988. The van der Waals surface area contributed by atoms with Crippen LogP contribution in [0.15, 0.2) is 77.4 Å². The van der Waals surface area contributed by atoms with E-state index in [1.807, 2.05) is 24.3 Å². The first-order valence-corrected chi connectivity index (χ1v) is 6.31. The zero-order valence-electron chi connectivity index (χ0n) is 9.80. The van der Waals surface area contributed by atoms with Gasteiger partial charge in [-0.3, -0.25) is 0 Å². The molecule has 0 fully saturated rings. The van der Waals surface area contributed by atoms with E-state index in [1.165, 1.54) is 16.7 Å². The van der Waals surface area contributed by atoms with Crippen LogP contribution in [0.2, 0.25) is 0 Å². The molecular weight excluding hydrogens is 236 g/mol. The Balaban J connectivity index is 1.93. The van der Waals surface area contributed by atoms with Crippen molar-refractivity contribution in [3.63, 3.8) is 0 Å². The summed E-state index contributed by atoms with van der Waals surface area (Å²) in [5, 5.41) is 0. The molecule has 0 amide bonds. The first-order valence-electron chi connectivity index (χ1n) is 5.86. The molecule has 0 atom stereocenters. The number of allylic oxidation sites excluding steroid dienone is 3. The van der Waals surface area contributed by atoms with Crippen molar-refractivity contribution in [2.45, 2.75) is 4.90 Å². The highest BCUT2D eigenvalue weighted by atomic mass is 32.1. The second-order valence-corrected chi connectivity index (χ2v) is 4.72. The Morgan fingerprint density at radius 1 is 0.722 bits per heavy atom. The Kier molecular flexibility index (Phi) is 2.93. The van der Waals surface area contributed by atoms with Crippen LogP contribution in [0.5, 0.6) is 0 Å². The number of hydrogen-bond donors (Lipinski definition) is 1. The van der Waals surface area contributed by atoms with Crippen LogP contribution in [-0.4, -0.2) is 0 Å². The predicted octanol–water partition coefficient (Wildman–Crippen LogP) is 4.75. The topological polar surface area (TPSA) is 0 Å². The summed E-state index contributed by atoms with van der Waals surface area (Å²) in [6.07, 6.45) is 6.02. The van der Waals surface area contributed by atoms with Crippen molar-refractivity contribution in [2.75, 3.05) is 0 Å². The Labute approximate surface area is 112 Å². The quantitative estimate of drug-likeness (QED) is 0.575. The molecule has 3 rings (SSSR count). The maximum atomic E-state index is 4.30. The molecule has 0 nitrogen and oxygen atoms in total. The van der Waals surface area contributed by atoms with Gasteiger partial charge in [-0.25, -0.2) is 0 Å². The molecule has 0 spiro atoms. The molecule has 0 N–H and O–H groups in total. The molecule has 2 aromatic rings. The standard InChI is InChI=1S/C17H12S/c18-17-11-9-16(10-12-17)15-7-5-14(6-8-15)13-3-1-2-4-13/h1-3,5-12,18H. The molecule has 18 heavy (non-hydrogen) atoms. The second-order valence-electron chi connectivity index (χ2n) is 4.21. The van der Waals surface area contributed by atoms with Crippen molar-refractivity contribution in [3.05, 3.63) is 78.1 Å². The van der Waals surface area contributed by atoms with Crippen molar-refractivity contribution >= 4 is 18.2 Å². The minimum atomic E-state index is 0.988. The number of thiol groups is 1. The SMILES string of the molecule is Sc1ccc(-c2ccc(C3=C=CC=C3)cc2)cc1. The lowest BCUT2D eigenvalue weighted by atomic mass is 10.0. The summed E-state index contributed by atoms with van der Waals surface area (Å²) in [5.41, 5.74) is 7.99. The summed E-state index contributed by atoms with van der Waals surface area (Å²) in [6.45, 7) is 0. The van der Waals surface area contributed by atoms with E-state index >= 15 is 0 Å². The van der Waals surface area contributed by atoms with E-state index in [1.54, 1.807) is 0 Å². The van der Waals surface area contributed by atoms with Crippen LogP contribution >= 0.6 is 12.6 Å². The van der Waals surface area contributed by atoms with E-state index in [9.17, 15) is 0 Å². The molecule has 0 aliphatic heterocycles. The normalized spacial score (nSPS) is 12.8. The fourth-order valence-electron chi connectivity index (χ4n) is 2.01. The van der Waals surface area contributed by atoms with Crippen molar-refractivity contribution in [3.8, 4) is 11.1 Å². The third-order valence-corrected chi connectivity index (χ3v) is 3.29. The van der Waals surface area contributed by atoms with Gasteiger partial charge in [0.25, 0.3) is 0 Å². The molecule has 0 unspecified atom stereocenters. The number of hydrogen-bond acceptors (Lipinski definition) is 1. The van der Waals surface area contributed by atoms with Crippen LogP contribution < -0.4 is 0 Å². The molecule has 1 aliphatic carbocycles. The minimum Gasteiger partial charge on any atom is -0.143 e. The van der Waals surface area contributed by atoms with Crippen LogP contribution in [0.3, 0.4) is 0 Å². The third kappa shape index (κ3) is 2.19. The largest absolute Gasteiger partial charge is 0.143 e. The maximum absolute atomic E-state index is 4.30. The molecule has 0 radical (unpaired) electrons. The zero-order chi connectivity index (χ0) is 12.4. The smallest absolute Gasteiger partial charge is 0.0237 e. The summed E-state index contributed by atoms with van der Waals surface area (Å²) < 4.78 is 0. The van der Waals surface area contributed by atoms with Gasteiger partial charge in [0.15, 0.2) is 0 Å². The molecule has 0 saturated heterocycles. The van der Waals surface area contributed by atoms with Gasteiger partial charge >= 0.3 is 0 Å². The summed E-state index contributed by atoms with van der Waals surface area (Å²) in [4.78, 5) is 0.988. The molecule has 0 bridgehead atoms. The molecule has 0 aromatic heterocycles. The van der Waals surface area contributed by atoms with Gasteiger partial charge in [0.2, 0.25) is 0 Å². The van der Waals surface area contributed by atoms with Gasteiger partial charge in [-0.05, 0) is 41.0 Å². The number of rotatable bonds is 2. The van der Waals surface area contributed by atoms with Crippen molar-refractivity contribution in [1.82, 2.24) is 0 Å². The van der Waals surface area contributed by atoms with Crippen LogP contribution in [0.1, 0.15) is 5.56 Å². The monoisotopic (exact) mass is 248 g/mol. The highest BCUT2D eigenvalue weighted by molar-refractivity contribution is 7.80. The summed E-state index contributed by atoms with van der Waals surface area (Å²) in [5.74, 6) is 0. The Morgan fingerprint density at radius 2 is 1.28 bits per heavy atom. The van der Waals surface area contributed by atoms with Gasteiger partial charge in [-0.2, -0.15) is 0 Å². The van der Waals surface area contributed by atoms with Crippen LogP contribution in [0, 0.1) is 0 Å². The highest BCUT2D eigenvalue weighted by Crippen LogP contribution is 2.24. The van der Waals surface area contributed by atoms with Crippen molar-refractivity contribution in [1.29, 1.82) is 0 Å². The molecule has 1 heteroatoms. The Hall–Kier alpha value is -1.95. The summed E-state index contributed by atoms with van der Waals surface area (Å²) in [6, 6.07) is 16.8. The van der Waals surface area contributed by atoms with Gasteiger partial charge in [0, 0.05) is 10.5 Å². The molecule has 2 aromatic carbocycles. The molecule has 0 heterocycles. The Bertz CT molecular complexity index is 652. The van der Waals surface area contributed by atoms with E-state index in [-0.39, 0.29) is 0 Å². The lowest BCUT2D eigenvalue weighted by molar-refractivity contribution is 1.47. The molecule has 1 aliphatic rings. The highest BCUT2D eigenvalue weighted by Gasteiger charge is 2.01. The van der Waals surface area contributed by atoms with Gasteiger partial charge < -0.3 is 0 Å². The number of benzene rings is 2. The third-order valence-electron chi connectivity index (χ3n) is 2.99. The van der Waals surface area contributed by atoms with Gasteiger partial charge in [-0.1, -0.05) is 42.5 Å². The predicted molar refractivity (Wildman–Crippen MR) is 79.8 cm³/mol. The van der Waals surface area contributed by atoms with E-state index in [4.69, 9.17) is 0 Å². The summed E-state index contributed by atoms with van der Waals surface area (Å²) in [7, 11) is 0. The van der Waals surface area contributed by atoms with Crippen LogP contribution in [-0.2, 0) is 0 Å². The van der Waals surface area contributed by atoms with Crippen molar-refractivity contribution < 1.29 is 0 Å². The van der Waals surface area contributed by atoms with E-state index in [0.717, 1.165) is 10.5 Å². The first kappa shape index (κ1) is 11.2. The molecule has 86 valence electrons. The van der Waals surface area contributed by atoms with Gasteiger partial charge in [-0.15, -0.1) is 18.4 Å². The fraction of sp³-hybridized carbons (Fsp3) is 0. The van der Waals surface area contributed by atoms with E-state index in [0.29, 0.717) is 0 Å². The molecular formula is C17H12S. The lowest BCUT2D eigenvalue weighted by Crippen LogP contribution is -1.81.